The topological polar surface area (TPSA) is 73.6 Å². The van der Waals surface area contributed by atoms with Crippen LogP contribution in [0.2, 0.25) is 0 Å². The summed E-state index contributed by atoms with van der Waals surface area (Å²) in [4.78, 5) is 10.7. The summed E-state index contributed by atoms with van der Waals surface area (Å²) in [7, 11) is 1.69. The van der Waals surface area contributed by atoms with Crippen molar-refractivity contribution >= 4 is 5.91 Å². The highest BCUT2D eigenvalue weighted by Gasteiger charge is 2.15. The van der Waals surface area contributed by atoms with E-state index in [1.54, 1.807) is 7.11 Å². The van der Waals surface area contributed by atoms with Crippen molar-refractivity contribution in [1.29, 1.82) is 0 Å². The van der Waals surface area contributed by atoms with E-state index in [0.29, 0.717) is 26.1 Å². The Morgan fingerprint density at radius 3 is 2.60 bits per heavy atom. The number of carbonyl (C=O) groups is 1. The van der Waals surface area contributed by atoms with Gasteiger partial charge >= 0.3 is 0 Å². The van der Waals surface area contributed by atoms with Crippen molar-refractivity contribution < 1.29 is 14.3 Å². The maximum atomic E-state index is 10.7. The zero-order valence-electron chi connectivity index (χ0n) is 9.84. The van der Waals surface area contributed by atoms with Crippen LogP contribution in [0, 0.1) is 0 Å². The number of nitrogens with two attached hydrogens (primary N) is 1. The van der Waals surface area contributed by atoms with E-state index in [4.69, 9.17) is 15.3 Å². The SMILES string of the molecule is COC(C)(C)CCOCCCC(=O)NN. The fourth-order valence-electron chi connectivity index (χ4n) is 0.929. The molecule has 0 fully saturated rings. The van der Waals surface area contributed by atoms with Gasteiger partial charge < -0.3 is 9.47 Å². The van der Waals surface area contributed by atoms with Crippen LogP contribution in [0.3, 0.4) is 0 Å². The zero-order chi connectivity index (χ0) is 11.7. The minimum atomic E-state index is -0.157. The molecule has 0 aromatic carbocycles. The third-order valence-corrected chi connectivity index (χ3v) is 2.25. The first-order chi connectivity index (χ1) is 7.02. The number of ether oxygens (including phenoxy) is 2. The lowest BCUT2D eigenvalue weighted by Crippen LogP contribution is -2.30. The van der Waals surface area contributed by atoms with Gasteiger partial charge in [0, 0.05) is 26.7 Å². The molecule has 0 aromatic rings. The standard InChI is InChI=1S/C10H22N2O3/c1-10(2,14-3)6-8-15-7-4-5-9(13)12-11/h4-8,11H2,1-3H3,(H,12,13). The summed E-state index contributed by atoms with van der Waals surface area (Å²) in [6, 6.07) is 0. The number of nitrogens with one attached hydrogen (secondary N) is 1. The second kappa shape index (κ2) is 7.62. The molecule has 3 N–H and O–H groups in total. The van der Waals surface area contributed by atoms with Gasteiger partial charge in [-0.2, -0.15) is 0 Å². The highest BCUT2D eigenvalue weighted by Crippen LogP contribution is 2.12. The molecule has 0 heterocycles. The Bertz CT molecular complexity index is 184. The van der Waals surface area contributed by atoms with Gasteiger partial charge in [0.15, 0.2) is 0 Å². The van der Waals surface area contributed by atoms with E-state index >= 15 is 0 Å². The summed E-state index contributed by atoms with van der Waals surface area (Å²) in [5.74, 6) is 4.77. The molecule has 0 aliphatic carbocycles. The van der Waals surface area contributed by atoms with Gasteiger partial charge in [-0.05, 0) is 26.7 Å². The molecule has 0 rings (SSSR count). The molecular formula is C10H22N2O3. The lowest BCUT2D eigenvalue weighted by Gasteiger charge is -2.22. The molecule has 1 amide bonds. The van der Waals surface area contributed by atoms with Crippen LogP contribution >= 0.6 is 0 Å². The third kappa shape index (κ3) is 8.35. The Morgan fingerprint density at radius 2 is 2.07 bits per heavy atom. The van der Waals surface area contributed by atoms with Crippen LogP contribution in [0.1, 0.15) is 33.1 Å². The fourth-order valence-corrected chi connectivity index (χ4v) is 0.929. The average molecular weight is 218 g/mol. The largest absolute Gasteiger partial charge is 0.381 e. The van der Waals surface area contributed by atoms with Gasteiger partial charge in [-0.3, -0.25) is 10.2 Å². The lowest BCUT2D eigenvalue weighted by molar-refractivity contribution is -0.121. The first-order valence-corrected chi connectivity index (χ1v) is 5.14. The number of amides is 1. The Kier molecular flexibility index (Phi) is 7.29. The molecule has 0 aromatic heterocycles. The number of methoxy groups -OCH3 is 1. The summed E-state index contributed by atoms with van der Waals surface area (Å²) in [5, 5.41) is 0. The molecule has 0 atom stereocenters. The van der Waals surface area contributed by atoms with Crippen molar-refractivity contribution in [3.63, 3.8) is 0 Å². The summed E-state index contributed by atoms with van der Waals surface area (Å²) in [6.07, 6.45) is 1.94. The van der Waals surface area contributed by atoms with Crippen molar-refractivity contribution in [2.45, 2.75) is 38.7 Å². The van der Waals surface area contributed by atoms with Gasteiger partial charge in [0.25, 0.3) is 0 Å². The molecule has 90 valence electrons. The maximum absolute atomic E-state index is 10.7. The molecule has 0 aliphatic rings. The molecule has 0 saturated heterocycles. The van der Waals surface area contributed by atoms with Crippen LogP contribution in [0.4, 0.5) is 0 Å². The van der Waals surface area contributed by atoms with Gasteiger partial charge in [0.05, 0.1) is 5.60 Å². The van der Waals surface area contributed by atoms with Gasteiger partial charge in [0.1, 0.15) is 0 Å². The molecule has 15 heavy (non-hydrogen) atoms. The van der Waals surface area contributed by atoms with E-state index < -0.39 is 0 Å². The van der Waals surface area contributed by atoms with Crippen LogP contribution in [0.25, 0.3) is 0 Å². The zero-order valence-corrected chi connectivity index (χ0v) is 9.84. The number of hydrogen-bond acceptors (Lipinski definition) is 4. The quantitative estimate of drug-likeness (QED) is 0.271. The number of hydrogen-bond donors (Lipinski definition) is 2. The van der Waals surface area contributed by atoms with E-state index in [1.165, 1.54) is 0 Å². The van der Waals surface area contributed by atoms with Crippen molar-refractivity contribution in [2.24, 2.45) is 5.84 Å². The molecule has 0 aliphatic heterocycles. The first kappa shape index (κ1) is 14.3. The van der Waals surface area contributed by atoms with Crippen molar-refractivity contribution in [3.05, 3.63) is 0 Å². The molecule has 5 nitrogen and oxygen atoms in total. The molecule has 0 bridgehead atoms. The highest BCUT2D eigenvalue weighted by atomic mass is 16.5. The summed E-state index contributed by atoms with van der Waals surface area (Å²) >= 11 is 0. The smallest absolute Gasteiger partial charge is 0.233 e. The predicted octanol–water partition coefficient (Wildman–Crippen LogP) is 0.588. The van der Waals surface area contributed by atoms with Gasteiger partial charge in [-0.1, -0.05) is 0 Å². The second-order valence-electron chi connectivity index (χ2n) is 4.00. The Morgan fingerprint density at radius 1 is 1.40 bits per heavy atom. The van der Waals surface area contributed by atoms with E-state index in [0.717, 1.165) is 6.42 Å². The van der Waals surface area contributed by atoms with Gasteiger partial charge in [-0.25, -0.2) is 5.84 Å². The summed E-state index contributed by atoms with van der Waals surface area (Å²) in [5.41, 5.74) is 1.93. The lowest BCUT2D eigenvalue weighted by atomic mass is 10.1. The van der Waals surface area contributed by atoms with Crippen LogP contribution < -0.4 is 11.3 Å². The minimum absolute atomic E-state index is 0.144. The molecular weight excluding hydrogens is 196 g/mol. The molecule has 0 spiro atoms. The number of rotatable bonds is 8. The van der Waals surface area contributed by atoms with E-state index in [2.05, 4.69) is 5.43 Å². The number of carbonyl (C=O) groups excluding carboxylic acids is 1. The van der Waals surface area contributed by atoms with E-state index in [1.807, 2.05) is 13.8 Å². The Hall–Kier alpha value is -0.650. The molecule has 0 unspecified atom stereocenters. The maximum Gasteiger partial charge on any atom is 0.233 e. The van der Waals surface area contributed by atoms with Crippen LogP contribution in [0.5, 0.6) is 0 Å². The van der Waals surface area contributed by atoms with Gasteiger partial charge in [-0.15, -0.1) is 0 Å². The summed E-state index contributed by atoms with van der Waals surface area (Å²) in [6.45, 7) is 5.24. The Labute approximate surface area is 91.3 Å². The fraction of sp³-hybridized carbons (Fsp3) is 0.900. The predicted molar refractivity (Wildman–Crippen MR) is 58.1 cm³/mol. The van der Waals surface area contributed by atoms with Crippen molar-refractivity contribution in [3.8, 4) is 0 Å². The molecule has 0 saturated carbocycles. The van der Waals surface area contributed by atoms with Crippen LogP contribution in [-0.4, -0.2) is 31.8 Å². The summed E-state index contributed by atoms with van der Waals surface area (Å²) < 4.78 is 10.6. The van der Waals surface area contributed by atoms with E-state index in [-0.39, 0.29) is 11.5 Å². The average Bonchev–Trinajstić information content (AvgIpc) is 2.22. The monoisotopic (exact) mass is 218 g/mol. The second-order valence-corrected chi connectivity index (χ2v) is 4.00. The van der Waals surface area contributed by atoms with Crippen LogP contribution in [-0.2, 0) is 14.3 Å². The van der Waals surface area contributed by atoms with Crippen molar-refractivity contribution in [1.82, 2.24) is 5.43 Å². The number of hydrazine groups is 1. The third-order valence-electron chi connectivity index (χ3n) is 2.25. The highest BCUT2D eigenvalue weighted by molar-refractivity contribution is 5.75. The first-order valence-electron chi connectivity index (χ1n) is 5.14. The molecule has 5 heteroatoms. The van der Waals surface area contributed by atoms with E-state index in [9.17, 15) is 4.79 Å². The van der Waals surface area contributed by atoms with Crippen LogP contribution in [0.15, 0.2) is 0 Å². The normalized spacial score (nSPS) is 11.5. The Balaban J connectivity index is 3.29. The van der Waals surface area contributed by atoms with Gasteiger partial charge in [0.2, 0.25) is 5.91 Å². The van der Waals surface area contributed by atoms with Crippen molar-refractivity contribution in [2.75, 3.05) is 20.3 Å². The molecule has 0 radical (unpaired) electrons. The minimum Gasteiger partial charge on any atom is -0.381 e.